The van der Waals surface area contributed by atoms with Crippen molar-refractivity contribution >= 4 is 19.4 Å². The fraction of sp³-hybridized carbons (Fsp3) is 0.381. The van der Waals surface area contributed by atoms with Gasteiger partial charge >= 0.3 is 18.9 Å². The van der Waals surface area contributed by atoms with E-state index in [0.717, 1.165) is 16.7 Å². The monoisotopic (exact) mass is 333 g/mol. The quantitative estimate of drug-likeness (QED) is 0.607. The molecule has 0 radical (unpaired) electrons. The summed E-state index contributed by atoms with van der Waals surface area (Å²) in [5.41, 5.74) is 5.92. The van der Waals surface area contributed by atoms with E-state index in [2.05, 4.69) is 45.9 Å². The Hall–Kier alpha value is -0.863. The minimum atomic E-state index is 0. The second-order valence-electron chi connectivity index (χ2n) is 6.88. The molecule has 24 heavy (non-hydrogen) atoms. The molecular formula is C21H27LiOP+. The van der Waals surface area contributed by atoms with Gasteiger partial charge in [-0.05, 0) is 61.8 Å². The van der Waals surface area contributed by atoms with Gasteiger partial charge in [0, 0.05) is 5.56 Å². The fourth-order valence-electron chi connectivity index (χ4n) is 2.90. The molecule has 3 heteroatoms. The van der Waals surface area contributed by atoms with Crippen molar-refractivity contribution in [2.75, 3.05) is 0 Å². The molecule has 0 heterocycles. The topological polar surface area (TPSA) is 17.1 Å². The van der Waals surface area contributed by atoms with E-state index >= 15 is 0 Å². The molecule has 0 bridgehead atoms. The number of aryl methyl sites for hydroxylation is 2. The molecule has 0 N–H and O–H groups in total. The van der Waals surface area contributed by atoms with Crippen molar-refractivity contribution < 1.29 is 23.7 Å². The van der Waals surface area contributed by atoms with Gasteiger partial charge < -0.3 is 0 Å². The third-order valence-corrected chi connectivity index (χ3v) is 5.50. The summed E-state index contributed by atoms with van der Waals surface area (Å²) >= 11 is 0. The maximum Gasteiger partial charge on any atom is 1.00 e. The average molecular weight is 333 g/mol. The van der Waals surface area contributed by atoms with Crippen molar-refractivity contribution in [2.24, 2.45) is 0 Å². The Balaban J connectivity index is 0.00000288. The first-order chi connectivity index (χ1) is 10.8. The van der Waals surface area contributed by atoms with Crippen molar-refractivity contribution in [3.05, 3.63) is 64.2 Å². The van der Waals surface area contributed by atoms with Crippen LogP contribution in [0.5, 0.6) is 0 Å². The molecule has 1 unspecified atom stereocenters. The summed E-state index contributed by atoms with van der Waals surface area (Å²) in [5, 5.41) is 1.21. The number of hydrogen-bond acceptors (Lipinski definition) is 1. The second kappa shape index (κ2) is 9.01. The predicted octanol–water partition coefficient (Wildman–Crippen LogP) is 2.70. The zero-order chi connectivity index (χ0) is 17.1. The van der Waals surface area contributed by atoms with Gasteiger partial charge in [0.25, 0.3) is 0 Å². The third-order valence-electron chi connectivity index (χ3n) is 4.32. The maximum atomic E-state index is 12.9. The second-order valence-corrected chi connectivity index (χ2v) is 8.12. The standard InChI is InChI=1S/C21H27OP.Li/c1-13(2)17-10-11-18(14(3)4)19(12-17)23-21(22)20-15(5)8-7-9-16(20)6;/h7-14,23H,1-6H3;/q;+1. The van der Waals surface area contributed by atoms with Gasteiger partial charge in [0.15, 0.2) is 5.52 Å². The number of rotatable bonds is 5. The molecule has 1 atom stereocenters. The molecule has 0 aliphatic rings. The van der Waals surface area contributed by atoms with E-state index in [9.17, 15) is 4.79 Å². The normalized spacial score (nSPS) is 11.3. The van der Waals surface area contributed by atoms with Gasteiger partial charge in [-0.25, -0.2) is 0 Å². The van der Waals surface area contributed by atoms with Crippen molar-refractivity contribution in [2.45, 2.75) is 53.4 Å². The van der Waals surface area contributed by atoms with Gasteiger partial charge in [-0.3, -0.25) is 4.79 Å². The van der Waals surface area contributed by atoms with E-state index in [4.69, 9.17) is 0 Å². The number of carbonyl (C=O) groups excluding carboxylic acids is 1. The summed E-state index contributed by atoms with van der Waals surface area (Å²) < 4.78 is 0. The Morgan fingerprint density at radius 1 is 0.917 bits per heavy atom. The van der Waals surface area contributed by atoms with Crippen LogP contribution in [0.1, 0.15) is 72.1 Å². The largest absolute Gasteiger partial charge is 1.00 e. The third kappa shape index (κ3) is 4.83. The summed E-state index contributed by atoms with van der Waals surface area (Å²) in [4.78, 5) is 12.9. The van der Waals surface area contributed by atoms with Crippen molar-refractivity contribution in [1.82, 2.24) is 0 Å². The molecule has 0 fully saturated rings. The number of carbonyl (C=O) groups is 1. The molecule has 0 aliphatic carbocycles. The molecule has 0 aliphatic heterocycles. The van der Waals surface area contributed by atoms with Crippen LogP contribution >= 0.6 is 8.58 Å². The molecular weight excluding hydrogens is 306 g/mol. The summed E-state index contributed by atoms with van der Waals surface area (Å²) in [6, 6.07) is 12.7. The molecule has 0 spiro atoms. The van der Waals surface area contributed by atoms with E-state index in [1.807, 2.05) is 32.0 Å². The predicted molar refractivity (Wildman–Crippen MR) is 103 cm³/mol. The molecule has 2 aromatic rings. The van der Waals surface area contributed by atoms with Crippen LogP contribution in [0.3, 0.4) is 0 Å². The molecule has 122 valence electrons. The molecule has 0 aromatic heterocycles. The van der Waals surface area contributed by atoms with Crippen LogP contribution in [0.15, 0.2) is 36.4 Å². The SMILES string of the molecule is Cc1cccc(C)c1C(=O)Pc1cc(C(C)C)ccc1C(C)C.[Li+]. The van der Waals surface area contributed by atoms with Crippen LogP contribution in [-0.2, 0) is 0 Å². The average Bonchev–Trinajstić information content (AvgIpc) is 2.46. The Labute approximate surface area is 160 Å². The molecule has 2 aromatic carbocycles. The number of hydrogen-bond donors (Lipinski definition) is 0. The molecule has 2 rings (SSSR count). The van der Waals surface area contributed by atoms with Crippen LogP contribution in [0.2, 0.25) is 0 Å². The molecule has 0 amide bonds. The zero-order valence-corrected chi connectivity index (χ0v) is 17.0. The molecule has 0 saturated carbocycles. The zero-order valence-electron chi connectivity index (χ0n) is 16.0. The van der Waals surface area contributed by atoms with Crippen LogP contribution in [0.4, 0.5) is 0 Å². The Bertz CT molecular complexity index is 700. The summed E-state index contributed by atoms with van der Waals surface area (Å²) in [7, 11) is 0.190. The van der Waals surface area contributed by atoms with Gasteiger partial charge in [-0.1, -0.05) is 64.1 Å². The van der Waals surface area contributed by atoms with E-state index in [1.165, 1.54) is 16.4 Å². The van der Waals surface area contributed by atoms with E-state index in [-0.39, 0.29) is 33.0 Å². The Kier molecular flexibility index (Phi) is 7.95. The summed E-state index contributed by atoms with van der Waals surface area (Å²) in [5.74, 6) is 0.916. The van der Waals surface area contributed by atoms with Crippen molar-refractivity contribution in [3.8, 4) is 0 Å². The smallest absolute Gasteiger partial charge is 0.289 e. The van der Waals surface area contributed by atoms with E-state index in [0.29, 0.717) is 11.8 Å². The van der Waals surface area contributed by atoms with Gasteiger partial charge in [0.05, 0.1) is 0 Å². The summed E-state index contributed by atoms with van der Waals surface area (Å²) in [6.45, 7) is 12.8. The van der Waals surface area contributed by atoms with Crippen LogP contribution in [0, 0.1) is 13.8 Å². The molecule has 0 saturated heterocycles. The van der Waals surface area contributed by atoms with Crippen LogP contribution in [-0.4, -0.2) is 5.52 Å². The Morgan fingerprint density at radius 3 is 2.00 bits per heavy atom. The maximum absolute atomic E-state index is 12.9. The van der Waals surface area contributed by atoms with Gasteiger partial charge in [0.1, 0.15) is 0 Å². The van der Waals surface area contributed by atoms with Gasteiger partial charge in [-0.2, -0.15) is 0 Å². The number of benzene rings is 2. The fourth-order valence-corrected chi connectivity index (χ4v) is 4.42. The minimum absolute atomic E-state index is 0. The van der Waals surface area contributed by atoms with E-state index < -0.39 is 0 Å². The summed E-state index contributed by atoms with van der Waals surface area (Å²) in [6.07, 6.45) is 0. The van der Waals surface area contributed by atoms with Crippen LogP contribution in [0.25, 0.3) is 0 Å². The van der Waals surface area contributed by atoms with E-state index in [1.54, 1.807) is 0 Å². The first kappa shape index (κ1) is 21.2. The van der Waals surface area contributed by atoms with Gasteiger partial charge in [-0.15, -0.1) is 0 Å². The van der Waals surface area contributed by atoms with Crippen LogP contribution < -0.4 is 24.2 Å². The first-order valence-corrected chi connectivity index (χ1v) is 9.32. The minimum Gasteiger partial charge on any atom is -0.289 e. The van der Waals surface area contributed by atoms with Gasteiger partial charge in [0.2, 0.25) is 0 Å². The molecule has 1 nitrogen and oxygen atoms in total. The Morgan fingerprint density at radius 2 is 1.50 bits per heavy atom. The first-order valence-electron chi connectivity index (χ1n) is 8.32. The van der Waals surface area contributed by atoms with Crippen molar-refractivity contribution in [1.29, 1.82) is 0 Å². The van der Waals surface area contributed by atoms with Crippen molar-refractivity contribution in [3.63, 3.8) is 0 Å².